The van der Waals surface area contributed by atoms with Gasteiger partial charge in [0.05, 0.1) is 5.56 Å². The lowest BCUT2D eigenvalue weighted by molar-refractivity contribution is -0.336. The van der Waals surface area contributed by atoms with Gasteiger partial charge in [0.15, 0.2) is 6.10 Å². The van der Waals surface area contributed by atoms with Gasteiger partial charge in [-0.2, -0.15) is 8.78 Å². The Morgan fingerprint density at radius 3 is 2.38 bits per heavy atom. The Labute approximate surface area is 212 Å². The number of fused-ring (bicyclic) bond motifs is 5. The van der Waals surface area contributed by atoms with Crippen molar-refractivity contribution in [2.45, 2.75) is 56.7 Å². The molecule has 3 aliphatic rings. The average Bonchev–Trinajstić information content (AvgIpc) is 3.55. The zero-order valence-corrected chi connectivity index (χ0v) is 20.2. The maximum atomic E-state index is 14.3. The van der Waals surface area contributed by atoms with Crippen molar-refractivity contribution >= 4 is 18.1 Å². The number of alkyl halides is 2. The van der Waals surface area contributed by atoms with Crippen LogP contribution in [0.25, 0.3) is 0 Å². The number of halogens is 2. The van der Waals surface area contributed by atoms with Crippen molar-refractivity contribution < 1.29 is 42.5 Å². The molecule has 9 heteroatoms. The van der Waals surface area contributed by atoms with Gasteiger partial charge in [0.25, 0.3) is 0 Å². The second-order valence-corrected chi connectivity index (χ2v) is 10.5. The number of hydrogen-bond acceptors (Lipinski definition) is 7. The molecule has 6 atom stereocenters. The largest absolute Gasteiger partial charge is 0.544 e. The molecule has 0 radical (unpaired) electrons. The van der Waals surface area contributed by atoms with Gasteiger partial charge in [-0.25, -0.2) is 9.59 Å². The lowest BCUT2D eigenvalue weighted by Gasteiger charge is -2.39. The second-order valence-electron chi connectivity index (χ2n) is 10.5. The van der Waals surface area contributed by atoms with Gasteiger partial charge < -0.3 is 24.1 Å². The fourth-order valence-electron chi connectivity index (χ4n) is 6.73. The Balaban J connectivity index is 1.22. The van der Waals surface area contributed by atoms with Crippen LogP contribution in [0.4, 0.5) is 13.6 Å². The standard InChI is InChI=1S/C28H28F2O7/c1-27(15-18-14-22(27)21-9-5-8-20(18)21)37-26(34)35-19-12-10-17(11-13-19)24(31)36-23(28(29,30)25(32)33)16-6-3-2-4-7-16/h2-4,6-7,10-13,18,20-23H,5,8-9,14-15H2,1H3,(H,32,33)/p-1. The van der Waals surface area contributed by atoms with Crippen LogP contribution in [-0.2, 0) is 14.3 Å². The van der Waals surface area contributed by atoms with E-state index in [2.05, 4.69) is 0 Å². The first-order valence-electron chi connectivity index (χ1n) is 12.4. The van der Waals surface area contributed by atoms with E-state index in [-0.39, 0.29) is 16.9 Å². The topological polar surface area (TPSA) is 102 Å². The summed E-state index contributed by atoms with van der Waals surface area (Å²) < 4.78 is 44.6. The van der Waals surface area contributed by atoms with Crippen molar-refractivity contribution in [1.82, 2.24) is 0 Å². The first-order chi connectivity index (χ1) is 17.6. The fourth-order valence-corrected chi connectivity index (χ4v) is 6.73. The van der Waals surface area contributed by atoms with Crippen molar-refractivity contribution in [3.8, 4) is 5.75 Å². The van der Waals surface area contributed by atoms with Crippen LogP contribution in [0.15, 0.2) is 54.6 Å². The van der Waals surface area contributed by atoms with Gasteiger partial charge in [-0.05, 0) is 80.2 Å². The zero-order chi connectivity index (χ0) is 26.4. The van der Waals surface area contributed by atoms with E-state index in [4.69, 9.17) is 14.2 Å². The molecule has 0 N–H and O–H groups in total. The van der Waals surface area contributed by atoms with Crippen LogP contribution in [0.5, 0.6) is 5.75 Å². The molecule has 7 nitrogen and oxygen atoms in total. The van der Waals surface area contributed by atoms with Crippen molar-refractivity contribution in [3.63, 3.8) is 0 Å². The molecule has 0 aromatic heterocycles. The molecule has 0 amide bonds. The van der Waals surface area contributed by atoms with Crippen LogP contribution in [-0.4, -0.2) is 29.6 Å². The van der Waals surface area contributed by atoms with Crippen LogP contribution in [0.2, 0.25) is 0 Å². The molecule has 0 spiro atoms. The van der Waals surface area contributed by atoms with Crippen molar-refractivity contribution in [2.24, 2.45) is 23.7 Å². The van der Waals surface area contributed by atoms with E-state index in [0.717, 1.165) is 18.8 Å². The molecule has 0 saturated heterocycles. The number of aliphatic carboxylic acids is 1. The van der Waals surface area contributed by atoms with E-state index in [1.54, 1.807) is 6.07 Å². The Morgan fingerprint density at radius 2 is 1.70 bits per heavy atom. The number of carbonyl (C=O) groups excluding carboxylic acids is 3. The molecule has 3 fully saturated rings. The van der Waals surface area contributed by atoms with Crippen LogP contribution in [0.1, 0.15) is 61.1 Å². The normalized spacial score (nSPS) is 28.8. The predicted octanol–water partition coefficient (Wildman–Crippen LogP) is 4.70. The molecule has 2 aromatic carbocycles. The number of carbonyl (C=O) groups is 3. The van der Waals surface area contributed by atoms with E-state index >= 15 is 0 Å². The zero-order valence-electron chi connectivity index (χ0n) is 20.2. The minimum absolute atomic E-state index is 0.103. The molecule has 2 aromatic rings. The maximum Gasteiger partial charge on any atom is 0.514 e. The quantitative estimate of drug-likeness (QED) is 0.391. The highest BCUT2D eigenvalue weighted by molar-refractivity contribution is 5.90. The Morgan fingerprint density at radius 1 is 1.03 bits per heavy atom. The predicted molar refractivity (Wildman–Crippen MR) is 124 cm³/mol. The van der Waals surface area contributed by atoms with Gasteiger partial charge in [0.2, 0.25) is 0 Å². The number of rotatable bonds is 7. The molecule has 5 rings (SSSR count). The lowest BCUT2D eigenvalue weighted by atomic mass is 9.74. The third kappa shape index (κ3) is 4.67. The van der Waals surface area contributed by atoms with Gasteiger partial charge in [-0.3, -0.25) is 0 Å². The number of ether oxygens (including phenoxy) is 3. The molecule has 2 bridgehead atoms. The first kappa shape index (κ1) is 25.2. The summed E-state index contributed by atoms with van der Waals surface area (Å²) in [6.07, 6.45) is 2.36. The molecule has 6 unspecified atom stereocenters. The van der Waals surface area contributed by atoms with Gasteiger partial charge >= 0.3 is 18.0 Å². The summed E-state index contributed by atoms with van der Waals surface area (Å²) in [5, 5.41) is 11.0. The van der Waals surface area contributed by atoms with E-state index in [1.807, 2.05) is 6.92 Å². The highest BCUT2D eigenvalue weighted by Crippen LogP contribution is 2.63. The van der Waals surface area contributed by atoms with Gasteiger partial charge in [0.1, 0.15) is 17.3 Å². The molecule has 196 valence electrons. The van der Waals surface area contributed by atoms with E-state index in [1.165, 1.54) is 67.8 Å². The van der Waals surface area contributed by atoms with Crippen molar-refractivity contribution in [1.29, 1.82) is 0 Å². The summed E-state index contributed by atoms with van der Waals surface area (Å²) in [4.78, 5) is 36.2. The van der Waals surface area contributed by atoms with E-state index in [0.29, 0.717) is 17.8 Å². The highest BCUT2D eigenvalue weighted by Gasteiger charge is 2.61. The van der Waals surface area contributed by atoms with Crippen LogP contribution in [0.3, 0.4) is 0 Å². The number of carboxylic acids is 1. The number of carboxylic acid groups (broad SMARTS) is 1. The molecular weight excluding hydrogens is 486 g/mol. The summed E-state index contributed by atoms with van der Waals surface area (Å²) in [5.74, 6) is -5.92. The summed E-state index contributed by atoms with van der Waals surface area (Å²) in [6, 6.07) is 11.9. The monoisotopic (exact) mass is 513 g/mol. The third-order valence-electron chi connectivity index (χ3n) is 8.29. The van der Waals surface area contributed by atoms with Gasteiger partial charge in [0, 0.05) is 5.92 Å². The third-order valence-corrected chi connectivity index (χ3v) is 8.29. The summed E-state index contributed by atoms with van der Waals surface area (Å²) >= 11 is 0. The average molecular weight is 514 g/mol. The molecule has 0 heterocycles. The molecule has 0 aliphatic heterocycles. The number of esters is 1. The molecule has 3 aliphatic carbocycles. The number of hydrogen-bond donors (Lipinski definition) is 0. The Hall–Kier alpha value is -3.49. The SMILES string of the molecule is CC1(OC(=O)Oc2ccc(C(=O)OC(c3ccccc3)C(F)(F)C(=O)[O-])cc2)CC2CC1C1CCCC21. The van der Waals surface area contributed by atoms with Crippen molar-refractivity contribution in [2.75, 3.05) is 0 Å². The van der Waals surface area contributed by atoms with Gasteiger partial charge in [-0.15, -0.1) is 0 Å². The summed E-state index contributed by atoms with van der Waals surface area (Å²) in [6.45, 7) is 1.97. The molecule has 37 heavy (non-hydrogen) atoms. The minimum Gasteiger partial charge on any atom is -0.544 e. The summed E-state index contributed by atoms with van der Waals surface area (Å²) in [7, 11) is 0. The van der Waals surface area contributed by atoms with E-state index in [9.17, 15) is 28.3 Å². The Bertz CT molecular complexity index is 1180. The molecule has 3 saturated carbocycles. The highest BCUT2D eigenvalue weighted by atomic mass is 19.3. The fraction of sp³-hybridized carbons (Fsp3) is 0.464. The smallest absolute Gasteiger partial charge is 0.514 e. The van der Waals surface area contributed by atoms with Crippen molar-refractivity contribution in [3.05, 3.63) is 65.7 Å². The maximum absolute atomic E-state index is 14.3. The van der Waals surface area contributed by atoms with Crippen LogP contribution < -0.4 is 9.84 Å². The van der Waals surface area contributed by atoms with Crippen LogP contribution in [0, 0.1) is 23.7 Å². The Kier molecular flexibility index (Phi) is 6.41. The van der Waals surface area contributed by atoms with E-state index < -0.39 is 35.7 Å². The van der Waals surface area contributed by atoms with Gasteiger partial charge in [-0.1, -0.05) is 36.8 Å². The minimum atomic E-state index is -4.46. The molecular formula is C28H27F2O7-. The number of benzene rings is 2. The lowest BCUT2D eigenvalue weighted by Crippen LogP contribution is -2.47. The first-order valence-corrected chi connectivity index (χ1v) is 12.4. The van der Waals surface area contributed by atoms with Crippen LogP contribution >= 0.6 is 0 Å². The summed E-state index contributed by atoms with van der Waals surface area (Å²) in [5.41, 5.74) is -0.901. The second kappa shape index (κ2) is 9.43.